The third-order valence-corrected chi connectivity index (χ3v) is 11.9. The monoisotopic (exact) mass is 713 g/mol. The Morgan fingerprint density at radius 3 is 2.12 bits per heavy atom. The van der Waals surface area contributed by atoms with Gasteiger partial charge in [-0.3, -0.25) is 4.55 Å². The van der Waals surface area contributed by atoms with Crippen LogP contribution in [0.1, 0.15) is 82.3 Å². The van der Waals surface area contributed by atoms with Crippen LogP contribution < -0.4 is 21.2 Å². The van der Waals surface area contributed by atoms with Crippen molar-refractivity contribution < 1.29 is 43.7 Å². The molecule has 7 heteroatoms. The SMILES string of the molecule is CCC(C)(C)c1ccc([I+]c2ccc(C(C)(C)CC)c(-c3cc(C(=O)OCCCS(=O)(=O)O)cc4ccccc34)c2)cc1. The normalized spacial score (nSPS) is 12.4. The van der Waals surface area contributed by atoms with Crippen LogP contribution in [0.15, 0.2) is 78.9 Å². The maximum Gasteiger partial charge on any atom is 0.357 e. The van der Waals surface area contributed by atoms with Gasteiger partial charge in [0.25, 0.3) is 10.1 Å². The lowest BCUT2D eigenvalue weighted by atomic mass is 9.77. The van der Waals surface area contributed by atoms with Gasteiger partial charge in [0.15, 0.2) is 7.14 Å². The van der Waals surface area contributed by atoms with E-state index in [0.717, 1.165) is 34.7 Å². The van der Waals surface area contributed by atoms with E-state index in [1.807, 2.05) is 30.3 Å². The summed E-state index contributed by atoms with van der Waals surface area (Å²) in [5.41, 5.74) is 5.16. The van der Waals surface area contributed by atoms with Crippen molar-refractivity contribution in [2.45, 2.75) is 71.6 Å². The van der Waals surface area contributed by atoms with Crippen molar-refractivity contribution in [3.63, 3.8) is 0 Å². The second-order valence-corrected chi connectivity index (χ2v) is 16.9. The highest BCUT2D eigenvalue weighted by Gasteiger charge is 2.27. The highest BCUT2D eigenvalue weighted by Crippen LogP contribution is 2.39. The van der Waals surface area contributed by atoms with Crippen molar-refractivity contribution >= 4 is 26.9 Å². The predicted octanol–water partition coefficient (Wildman–Crippen LogP) is 5.45. The molecule has 4 aromatic carbocycles. The van der Waals surface area contributed by atoms with E-state index < -0.39 is 43.0 Å². The second kappa shape index (κ2) is 13.5. The van der Waals surface area contributed by atoms with E-state index in [0.29, 0.717) is 5.56 Å². The first kappa shape index (κ1) is 33.1. The summed E-state index contributed by atoms with van der Waals surface area (Å²) in [5.74, 6) is -0.967. The maximum absolute atomic E-state index is 13.1. The Balaban J connectivity index is 1.77. The third kappa shape index (κ3) is 8.25. The Hall–Kier alpha value is -2.75. The largest absolute Gasteiger partial charge is 0.462 e. The van der Waals surface area contributed by atoms with Crippen LogP contribution in [0.3, 0.4) is 0 Å². The number of rotatable bonds is 12. The molecule has 0 radical (unpaired) electrons. The number of ether oxygens (including phenoxy) is 1. The minimum absolute atomic E-state index is 0.0302. The molecule has 228 valence electrons. The van der Waals surface area contributed by atoms with E-state index in [1.54, 1.807) is 0 Å². The van der Waals surface area contributed by atoms with Gasteiger partial charge in [0, 0.05) is 0 Å². The number of benzene rings is 4. The number of fused-ring (bicyclic) bond motifs is 1. The van der Waals surface area contributed by atoms with Gasteiger partial charge in [-0.2, -0.15) is 8.42 Å². The minimum atomic E-state index is -4.11. The van der Waals surface area contributed by atoms with Gasteiger partial charge >= 0.3 is 27.2 Å². The van der Waals surface area contributed by atoms with Gasteiger partial charge in [-0.25, -0.2) is 4.79 Å². The van der Waals surface area contributed by atoms with Gasteiger partial charge in [0.05, 0.1) is 17.9 Å². The summed E-state index contributed by atoms with van der Waals surface area (Å²) < 4.78 is 39.2. The standard InChI is InChI=1S/C36H41IO5S/c1-7-35(3,4)27-14-16-28(17-15-27)37-29-18-19-33(36(5,6)8-2)32(24-29)31-23-26(22-25-12-9-10-13-30(25)31)34(38)42-20-11-21-43(39,40)41/h9-10,12-19,22-24H,7-8,11,20-21H2,1-6H3/p+1. The predicted molar refractivity (Wildman–Crippen MR) is 171 cm³/mol. The molecule has 43 heavy (non-hydrogen) atoms. The second-order valence-electron chi connectivity index (χ2n) is 12.3. The van der Waals surface area contributed by atoms with E-state index in [2.05, 4.69) is 90.1 Å². The van der Waals surface area contributed by atoms with Gasteiger partial charge < -0.3 is 4.74 Å². The molecule has 0 bridgehead atoms. The molecule has 0 aromatic heterocycles. The Morgan fingerprint density at radius 2 is 1.47 bits per heavy atom. The number of carbonyl (C=O) groups is 1. The zero-order chi connectivity index (χ0) is 31.4. The number of hydrogen-bond donors (Lipinski definition) is 1. The summed E-state index contributed by atoms with van der Waals surface area (Å²) in [5, 5.41) is 1.99. The lowest BCUT2D eigenvalue weighted by molar-refractivity contribution is -0.597. The Bertz CT molecular complexity index is 1710. The molecule has 4 aromatic rings. The molecule has 0 aliphatic carbocycles. The Morgan fingerprint density at radius 1 is 0.814 bits per heavy atom. The average molecular weight is 714 g/mol. The summed E-state index contributed by atoms with van der Waals surface area (Å²) in [6, 6.07) is 27.7. The molecule has 5 nitrogen and oxygen atoms in total. The van der Waals surface area contributed by atoms with Crippen LogP contribution in [0.4, 0.5) is 0 Å². The quantitative estimate of drug-likeness (QED) is 0.0916. The fourth-order valence-electron chi connectivity index (χ4n) is 5.01. The van der Waals surface area contributed by atoms with Gasteiger partial charge in [-0.05, 0) is 99.5 Å². The number of hydrogen-bond acceptors (Lipinski definition) is 4. The van der Waals surface area contributed by atoms with E-state index >= 15 is 0 Å². The van der Waals surface area contributed by atoms with Crippen molar-refractivity contribution in [2.75, 3.05) is 12.4 Å². The summed E-state index contributed by atoms with van der Waals surface area (Å²) in [6.07, 6.45) is 2.07. The lowest BCUT2D eigenvalue weighted by Gasteiger charge is -2.27. The molecule has 0 aliphatic rings. The number of carbonyl (C=O) groups excluding carboxylic acids is 1. The lowest BCUT2D eigenvalue weighted by Crippen LogP contribution is -3.61. The van der Waals surface area contributed by atoms with Crippen LogP contribution in [0.5, 0.6) is 0 Å². The van der Waals surface area contributed by atoms with Gasteiger partial charge in [0.2, 0.25) is 0 Å². The summed E-state index contributed by atoms with van der Waals surface area (Å²) in [6.45, 7) is 13.4. The number of halogens is 1. The summed E-state index contributed by atoms with van der Waals surface area (Å²) in [4.78, 5) is 13.1. The molecular weight excluding hydrogens is 671 g/mol. The van der Waals surface area contributed by atoms with Gasteiger partial charge in [-0.15, -0.1) is 0 Å². The molecule has 0 amide bonds. The fourth-order valence-corrected chi connectivity index (χ4v) is 7.76. The maximum atomic E-state index is 13.1. The van der Waals surface area contributed by atoms with Gasteiger partial charge in [-0.1, -0.05) is 84.0 Å². The molecule has 4 rings (SSSR count). The Labute approximate surface area is 267 Å². The zero-order valence-electron chi connectivity index (χ0n) is 25.9. The van der Waals surface area contributed by atoms with E-state index in [1.165, 1.54) is 18.3 Å². The zero-order valence-corrected chi connectivity index (χ0v) is 28.9. The molecule has 0 atom stereocenters. The van der Waals surface area contributed by atoms with Crippen LogP contribution in [0, 0.1) is 7.14 Å². The van der Waals surface area contributed by atoms with Crippen molar-refractivity contribution in [2.24, 2.45) is 0 Å². The molecule has 0 fully saturated rings. The van der Waals surface area contributed by atoms with Crippen LogP contribution in [0.25, 0.3) is 21.9 Å². The molecule has 0 saturated heterocycles. The van der Waals surface area contributed by atoms with Crippen LogP contribution >= 0.6 is 0 Å². The van der Waals surface area contributed by atoms with Crippen LogP contribution in [-0.2, 0) is 25.7 Å². The molecule has 0 heterocycles. The molecule has 0 saturated carbocycles. The molecular formula is C36H42IO5S+. The fraction of sp³-hybridized carbons (Fsp3) is 0.361. The first-order valence-electron chi connectivity index (χ1n) is 14.8. The average Bonchev–Trinajstić information content (AvgIpc) is 2.98. The highest BCUT2D eigenvalue weighted by molar-refractivity contribution is 7.85. The van der Waals surface area contributed by atoms with E-state index in [-0.39, 0.29) is 23.9 Å². The highest BCUT2D eigenvalue weighted by atomic mass is 127. The summed E-state index contributed by atoms with van der Waals surface area (Å²) in [7, 11) is -4.11. The van der Waals surface area contributed by atoms with E-state index in [4.69, 9.17) is 9.29 Å². The third-order valence-electron chi connectivity index (χ3n) is 8.49. The van der Waals surface area contributed by atoms with E-state index in [9.17, 15) is 13.2 Å². The molecule has 0 spiro atoms. The first-order valence-corrected chi connectivity index (χ1v) is 18.6. The van der Waals surface area contributed by atoms with Crippen molar-refractivity contribution in [1.82, 2.24) is 0 Å². The van der Waals surface area contributed by atoms with Crippen LogP contribution in [-0.4, -0.2) is 31.3 Å². The smallest absolute Gasteiger partial charge is 0.357 e. The van der Waals surface area contributed by atoms with Crippen molar-refractivity contribution in [1.29, 1.82) is 0 Å². The number of esters is 1. The van der Waals surface area contributed by atoms with Crippen LogP contribution in [0.2, 0.25) is 0 Å². The molecule has 0 aliphatic heterocycles. The van der Waals surface area contributed by atoms with Crippen molar-refractivity contribution in [3.8, 4) is 11.1 Å². The van der Waals surface area contributed by atoms with Crippen molar-refractivity contribution in [3.05, 3.63) is 103 Å². The minimum Gasteiger partial charge on any atom is -0.462 e. The molecule has 1 N–H and O–H groups in total. The van der Waals surface area contributed by atoms with Gasteiger partial charge in [0.1, 0.15) is 0 Å². The topological polar surface area (TPSA) is 80.7 Å². The summed E-state index contributed by atoms with van der Waals surface area (Å²) >= 11 is -0.434. The Kier molecular flexibility index (Phi) is 10.4. The first-order chi connectivity index (χ1) is 20.2. The molecule has 0 unspecified atom stereocenters.